The van der Waals surface area contributed by atoms with Crippen molar-refractivity contribution in [2.24, 2.45) is 5.90 Å². The Morgan fingerprint density at radius 1 is 1.12 bits per heavy atom. The van der Waals surface area contributed by atoms with E-state index in [9.17, 15) is 0 Å². The second kappa shape index (κ2) is 8.19. The van der Waals surface area contributed by atoms with E-state index < -0.39 is 0 Å². The third kappa shape index (κ3) is 3.56. The monoisotopic (exact) mass is 328 g/mol. The van der Waals surface area contributed by atoms with E-state index in [2.05, 4.69) is 27.4 Å². The molecule has 0 fully saturated rings. The number of hydrogen-bond acceptors (Lipinski definition) is 5. The summed E-state index contributed by atoms with van der Waals surface area (Å²) in [4.78, 5) is 13.9. The predicted octanol–water partition coefficient (Wildman–Crippen LogP) is 2.83. The molecule has 0 saturated heterocycles. The summed E-state index contributed by atoms with van der Waals surface area (Å²) in [5.41, 5.74) is 3.08. The zero-order valence-corrected chi connectivity index (χ0v) is 14.1. The number of imidazole rings is 1. The first-order valence-corrected chi connectivity index (χ1v) is 8.47. The number of rotatable bonds is 9. The van der Waals surface area contributed by atoms with E-state index in [1.54, 1.807) is 0 Å². The Kier molecular flexibility index (Phi) is 5.74. The van der Waals surface area contributed by atoms with Crippen molar-refractivity contribution in [2.75, 3.05) is 19.8 Å². The van der Waals surface area contributed by atoms with Crippen molar-refractivity contribution in [1.82, 2.24) is 14.5 Å². The number of aromatic nitrogens is 3. The summed E-state index contributed by atoms with van der Waals surface area (Å²) < 4.78 is 7.87. The van der Waals surface area contributed by atoms with Crippen molar-refractivity contribution in [3.8, 4) is 0 Å². The predicted molar refractivity (Wildman–Crippen MR) is 94.6 cm³/mol. The molecule has 0 bridgehead atoms. The van der Waals surface area contributed by atoms with Gasteiger partial charge in [-0.15, -0.1) is 0 Å². The van der Waals surface area contributed by atoms with E-state index in [1.165, 1.54) is 0 Å². The summed E-state index contributed by atoms with van der Waals surface area (Å²) in [6.07, 6.45) is 5.10. The van der Waals surface area contributed by atoms with Crippen LogP contribution in [0.15, 0.2) is 30.5 Å². The maximum atomic E-state index is 5.60. The van der Waals surface area contributed by atoms with Crippen LogP contribution < -0.4 is 5.90 Å². The molecule has 2 heterocycles. The Morgan fingerprint density at radius 2 is 2.00 bits per heavy atom. The number of aryl methyl sites for hydroxylation is 1. The number of pyridine rings is 1. The van der Waals surface area contributed by atoms with Crippen molar-refractivity contribution in [1.29, 1.82) is 0 Å². The number of unbranched alkanes of at least 4 members (excludes halogenated alkanes) is 1. The van der Waals surface area contributed by atoms with Gasteiger partial charge in [-0.25, -0.2) is 10.9 Å². The van der Waals surface area contributed by atoms with Crippen molar-refractivity contribution >= 4 is 21.9 Å². The highest BCUT2D eigenvalue weighted by Gasteiger charge is 2.13. The molecular weight excluding hydrogens is 304 g/mol. The lowest BCUT2D eigenvalue weighted by Crippen LogP contribution is -2.13. The van der Waals surface area contributed by atoms with Crippen LogP contribution in [-0.2, 0) is 22.5 Å². The molecule has 0 amide bonds. The first kappa shape index (κ1) is 16.8. The highest BCUT2D eigenvalue weighted by atomic mass is 16.6. The van der Waals surface area contributed by atoms with Gasteiger partial charge >= 0.3 is 0 Å². The van der Waals surface area contributed by atoms with Gasteiger partial charge in [0.2, 0.25) is 0 Å². The van der Waals surface area contributed by atoms with Crippen LogP contribution in [-0.4, -0.2) is 34.4 Å². The summed E-state index contributed by atoms with van der Waals surface area (Å²) in [6.45, 7) is 4.45. The van der Waals surface area contributed by atoms with Crippen molar-refractivity contribution < 1.29 is 9.57 Å². The number of hydrogen-bond donors (Lipinski definition) is 1. The molecular formula is C18H24N4O2. The molecule has 6 heteroatoms. The molecule has 0 aliphatic heterocycles. The first-order chi connectivity index (χ1) is 11.8. The molecule has 0 unspecified atom stereocenters. The number of nitrogens with two attached hydrogens (primary N) is 1. The Balaban J connectivity index is 1.95. The third-order valence-corrected chi connectivity index (χ3v) is 4.12. The molecule has 0 atom stereocenters. The van der Waals surface area contributed by atoms with Crippen LogP contribution >= 0.6 is 0 Å². The number of fused-ring (bicyclic) bond motifs is 3. The minimum atomic E-state index is 0.403. The van der Waals surface area contributed by atoms with Crippen LogP contribution in [0.4, 0.5) is 0 Å². The van der Waals surface area contributed by atoms with Gasteiger partial charge < -0.3 is 14.1 Å². The Hall–Kier alpha value is -2.02. The van der Waals surface area contributed by atoms with Crippen LogP contribution in [0.3, 0.4) is 0 Å². The fraction of sp³-hybridized carbons (Fsp3) is 0.444. The highest BCUT2D eigenvalue weighted by molar-refractivity contribution is 6.02. The number of nitrogens with zero attached hydrogens (tertiary/aromatic N) is 3. The van der Waals surface area contributed by atoms with Gasteiger partial charge in [0, 0.05) is 18.4 Å². The molecule has 0 radical (unpaired) electrons. The van der Waals surface area contributed by atoms with Gasteiger partial charge in [0.1, 0.15) is 11.3 Å². The molecule has 128 valence electrons. The first-order valence-electron chi connectivity index (χ1n) is 8.47. The van der Waals surface area contributed by atoms with E-state index in [-0.39, 0.29) is 0 Å². The molecule has 6 nitrogen and oxygen atoms in total. The van der Waals surface area contributed by atoms with Crippen LogP contribution in [0.1, 0.15) is 25.6 Å². The lowest BCUT2D eigenvalue weighted by molar-refractivity contribution is 0.0449. The van der Waals surface area contributed by atoms with Gasteiger partial charge in [-0.05, 0) is 12.5 Å². The standard InChI is InChI=1S/C18H24N4O2/c1-2-3-8-17-21-16-13-20-15-7-5-4-6-14(15)18(16)22(17)9-10-23-11-12-24-19/h4-7,13H,2-3,8-12,19H2,1H3. The van der Waals surface area contributed by atoms with E-state index in [1.807, 2.05) is 24.4 Å². The van der Waals surface area contributed by atoms with Gasteiger partial charge in [-0.2, -0.15) is 0 Å². The number of ether oxygens (including phenoxy) is 1. The van der Waals surface area contributed by atoms with Crippen molar-refractivity contribution in [3.63, 3.8) is 0 Å². The zero-order valence-electron chi connectivity index (χ0n) is 14.1. The van der Waals surface area contributed by atoms with Crippen LogP contribution in [0.5, 0.6) is 0 Å². The SMILES string of the molecule is CCCCc1nc2cnc3ccccc3c2n1CCOCCON. The van der Waals surface area contributed by atoms with Crippen molar-refractivity contribution in [3.05, 3.63) is 36.3 Å². The topological polar surface area (TPSA) is 75.2 Å². The Labute approximate surface area is 141 Å². The minimum Gasteiger partial charge on any atom is -0.377 e. The highest BCUT2D eigenvalue weighted by Crippen LogP contribution is 2.25. The molecule has 0 saturated carbocycles. The summed E-state index contributed by atoms with van der Waals surface area (Å²) in [6, 6.07) is 8.19. The minimum absolute atomic E-state index is 0.403. The van der Waals surface area contributed by atoms with Gasteiger partial charge in [0.15, 0.2) is 0 Å². The second-order valence-electron chi connectivity index (χ2n) is 5.78. The summed E-state index contributed by atoms with van der Waals surface area (Å²) in [5.74, 6) is 6.12. The number of para-hydroxylation sites is 1. The molecule has 2 N–H and O–H groups in total. The van der Waals surface area contributed by atoms with Gasteiger partial charge in [-0.1, -0.05) is 31.5 Å². The third-order valence-electron chi connectivity index (χ3n) is 4.12. The van der Waals surface area contributed by atoms with Crippen LogP contribution in [0.25, 0.3) is 21.9 Å². The van der Waals surface area contributed by atoms with Crippen LogP contribution in [0, 0.1) is 0 Å². The van der Waals surface area contributed by atoms with E-state index in [0.717, 1.165) is 53.6 Å². The molecule has 0 aliphatic rings. The Bertz CT molecular complexity index is 800. The zero-order chi connectivity index (χ0) is 16.8. The summed E-state index contributed by atoms with van der Waals surface area (Å²) >= 11 is 0. The van der Waals surface area contributed by atoms with E-state index >= 15 is 0 Å². The second-order valence-corrected chi connectivity index (χ2v) is 5.78. The van der Waals surface area contributed by atoms with Gasteiger partial charge in [-0.3, -0.25) is 4.98 Å². The Morgan fingerprint density at radius 3 is 2.83 bits per heavy atom. The fourth-order valence-electron chi connectivity index (χ4n) is 2.94. The molecule has 0 aliphatic carbocycles. The largest absolute Gasteiger partial charge is 0.377 e. The average Bonchev–Trinajstić information content (AvgIpc) is 2.98. The lowest BCUT2D eigenvalue weighted by Gasteiger charge is -2.11. The van der Waals surface area contributed by atoms with E-state index in [0.29, 0.717) is 19.8 Å². The van der Waals surface area contributed by atoms with Crippen molar-refractivity contribution in [2.45, 2.75) is 32.7 Å². The number of benzene rings is 1. The maximum absolute atomic E-state index is 5.60. The molecule has 3 rings (SSSR count). The molecule has 24 heavy (non-hydrogen) atoms. The van der Waals surface area contributed by atoms with Gasteiger partial charge in [0.05, 0.1) is 37.1 Å². The summed E-state index contributed by atoms with van der Waals surface area (Å²) in [5, 5.41) is 1.13. The molecule has 2 aromatic heterocycles. The fourth-order valence-corrected chi connectivity index (χ4v) is 2.94. The summed E-state index contributed by atoms with van der Waals surface area (Å²) in [7, 11) is 0. The normalized spacial score (nSPS) is 11.6. The molecule has 3 aromatic rings. The molecule has 1 aromatic carbocycles. The van der Waals surface area contributed by atoms with E-state index in [4.69, 9.17) is 15.6 Å². The maximum Gasteiger partial charge on any atom is 0.110 e. The average molecular weight is 328 g/mol. The lowest BCUT2D eigenvalue weighted by atomic mass is 10.2. The van der Waals surface area contributed by atoms with Crippen LogP contribution in [0.2, 0.25) is 0 Å². The van der Waals surface area contributed by atoms with Gasteiger partial charge in [0.25, 0.3) is 0 Å². The molecule has 0 spiro atoms. The quantitative estimate of drug-likeness (QED) is 0.483. The smallest absolute Gasteiger partial charge is 0.110 e.